The van der Waals surface area contributed by atoms with Crippen LogP contribution in [0.3, 0.4) is 0 Å². The number of oxazole rings is 1. The number of para-hydroxylation sites is 1. The zero-order valence-corrected chi connectivity index (χ0v) is 16.2. The van der Waals surface area contributed by atoms with Gasteiger partial charge in [-0.2, -0.15) is 4.98 Å². The van der Waals surface area contributed by atoms with E-state index in [-0.39, 0.29) is 0 Å². The minimum atomic E-state index is 0.554. The Labute approximate surface area is 159 Å². The van der Waals surface area contributed by atoms with E-state index in [9.17, 15) is 4.79 Å². The average molecular weight is 376 g/mol. The van der Waals surface area contributed by atoms with Gasteiger partial charge in [-0.05, 0) is 38.7 Å². The first-order valence-corrected chi connectivity index (χ1v) is 8.73. The van der Waals surface area contributed by atoms with E-state index in [1.165, 1.54) is 0 Å². The Bertz CT molecular complexity index is 711. The minimum Gasteiger partial charge on any atom is -0.423 e. The lowest BCUT2D eigenvalue weighted by Gasteiger charge is -2.24. The SMILES string of the molecule is C=O.CN=CCC(C)NC.O=Cc1cccc2oc(N3CCOCC3)nc12. The number of ether oxygens (including phenoxy) is 1. The van der Waals surface area contributed by atoms with Crippen molar-refractivity contribution in [2.45, 2.75) is 19.4 Å². The number of hydrogen-bond acceptors (Lipinski definition) is 8. The van der Waals surface area contributed by atoms with Crippen molar-refractivity contribution in [3.8, 4) is 0 Å². The summed E-state index contributed by atoms with van der Waals surface area (Å²) >= 11 is 0. The van der Waals surface area contributed by atoms with Gasteiger partial charge < -0.3 is 29.2 Å². The fourth-order valence-corrected chi connectivity index (χ4v) is 2.32. The normalized spacial score (nSPS) is 14.9. The maximum absolute atomic E-state index is 10.9. The minimum absolute atomic E-state index is 0.554. The van der Waals surface area contributed by atoms with Crippen LogP contribution < -0.4 is 10.2 Å². The van der Waals surface area contributed by atoms with E-state index < -0.39 is 0 Å². The molecule has 2 heterocycles. The Morgan fingerprint density at radius 2 is 2.07 bits per heavy atom. The molecular formula is C19H28N4O4. The second-order valence-corrected chi connectivity index (χ2v) is 5.77. The molecule has 3 rings (SSSR count). The monoisotopic (exact) mass is 376 g/mol. The second-order valence-electron chi connectivity index (χ2n) is 5.77. The summed E-state index contributed by atoms with van der Waals surface area (Å²) in [4.78, 5) is 29.2. The van der Waals surface area contributed by atoms with Gasteiger partial charge in [-0.25, -0.2) is 0 Å². The molecule has 1 aromatic heterocycles. The van der Waals surface area contributed by atoms with Crippen LogP contribution >= 0.6 is 0 Å². The van der Waals surface area contributed by atoms with Crippen molar-refractivity contribution >= 4 is 36.4 Å². The summed E-state index contributed by atoms with van der Waals surface area (Å²) < 4.78 is 10.9. The Kier molecular flexibility index (Phi) is 10.6. The largest absolute Gasteiger partial charge is 0.423 e. The zero-order chi connectivity index (χ0) is 20.1. The molecule has 27 heavy (non-hydrogen) atoms. The van der Waals surface area contributed by atoms with E-state index in [1.807, 2.05) is 31.0 Å². The predicted octanol–water partition coefficient (Wildman–Crippen LogP) is 1.98. The van der Waals surface area contributed by atoms with Gasteiger partial charge in [0.05, 0.1) is 13.2 Å². The number of morpholine rings is 1. The molecule has 8 nitrogen and oxygen atoms in total. The molecule has 1 atom stereocenters. The molecule has 8 heteroatoms. The third kappa shape index (κ3) is 6.92. The van der Waals surface area contributed by atoms with Gasteiger partial charge in [-0.3, -0.25) is 4.79 Å². The molecule has 0 aliphatic carbocycles. The van der Waals surface area contributed by atoms with Gasteiger partial charge in [0.2, 0.25) is 0 Å². The third-order valence-electron chi connectivity index (χ3n) is 3.98. The highest BCUT2D eigenvalue weighted by Crippen LogP contribution is 2.24. The van der Waals surface area contributed by atoms with Crippen molar-refractivity contribution in [2.75, 3.05) is 45.3 Å². The lowest BCUT2D eigenvalue weighted by molar-refractivity contribution is -0.0980. The van der Waals surface area contributed by atoms with Crippen LogP contribution in [0, 0.1) is 0 Å². The second kappa shape index (κ2) is 12.7. The zero-order valence-electron chi connectivity index (χ0n) is 16.2. The number of nitrogens with one attached hydrogen (secondary N) is 1. The van der Waals surface area contributed by atoms with Gasteiger partial charge >= 0.3 is 0 Å². The van der Waals surface area contributed by atoms with Gasteiger partial charge in [0.25, 0.3) is 6.01 Å². The first-order valence-electron chi connectivity index (χ1n) is 8.73. The lowest BCUT2D eigenvalue weighted by Crippen LogP contribution is -2.36. The highest BCUT2D eigenvalue weighted by Gasteiger charge is 2.17. The molecule has 1 fully saturated rings. The summed E-state index contributed by atoms with van der Waals surface area (Å²) in [5.41, 5.74) is 1.84. The molecule has 0 bridgehead atoms. The molecule has 148 valence electrons. The molecule has 0 spiro atoms. The van der Waals surface area contributed by atoms with Crippen LogP contribution in [0.5, 0.6) is 0 Å². The van der Waals surface area contributed by atoms with Crippen LogP contribution in [-0.4, -0.2) is 70.7 Å². The average Bonchev–Trinajstić information content (AvgIpc) is 3.19. The summed E-state index contributed by atoms with van der Waals surface area (Å²) in [6, 6.07) is 6.47. The molecule has 1 N–H and O–H groups in total. The fourth-order valence-electron chi connectivity index (χ4n) is 2.32. The van der Waals surface area contributed by atoms with E-state index >= 15 is 0 Å². The number of carbonyl (C=O) groups excluding carboxylic acids is 2. The quantitative estimate of drug-likeness (QED) is 0.629. The molecule has 1 aliphatic rings. The summed E-state index contributed by atoms with van der Waals surface area (Å²) in [6.07, 6.45) is 3.74. The van der Waals surface area contributed by atoms with Crippen LogP contribution in [0.15, 0.2) is 27.6 Å². The fraction of sp³-hybridized carbons (Fsp3) is 0.474. The van der Waals surface area contributed by atoms with Crippen molar-refractivity contribution in [3.63, 3.8) is 0 Å². The van der Waals surface area contributed by atoms with Gasteiger partial charge in [0, 0.05) is 31.7 Å². The smallest absolute Gasteiger partial charge is 0.298 e. The molecule has 1 unspecified atom stereocenters. The molecular weight excluding hydrogens is 348 g/mol. The van der Waals surface area contributed by atoms with Crippen LogP contribution in [0.2, 0.25) is 0 Å². The predicted molar refractivity (Wildman–Crippen MR) is 107 cm³/mol. The Morgan fingerprint density at radius 1 is 1.37 bits per heavy atom. The van der Waals surface area contributed by atoms with Gasteiger partial charge in [0.1, 0.15) is 12.3 Å². The van der Waals surface area contributed by atoms with Crippen molar-refractivity contribution in [1.82, 2.24) is 10.3 Å². The number of carbonyl (C=O) groups is 2. The lowest BCUT2D eigenvalue weighted by atomic mass is 10.2. The summed E-state index contributed by atoms with van der Waals surface area (Å²) in [6.45, 7) is 7.02. The standard InChI is InChI=1S/C12H12N2O3.C6H14N2.CH2O/c15-8-9-2-1-3-10-11(9)13-12(17-10)14-4-6-16-7-5-14;1-6(8-3)4-5-7-2;1-2/h1-3,8H,4-7H2;5-6,8H,4H2,1-3H3;1H2. The summed E-state index contributed by atoms with van der Waals surface area (Å²) in [5.74, 6) is 0. The number of aldehydes is 1. The van der Waals surface area contributed by atoms with E-state index in [1.54, 1.807) is 19.2 Å². The topological polar surface area (TPSA) is 97.0 Å². The van der Waals surface area contributed by atoms with Crippen LogP contribution in [0.4, 0.5) is 6.01 Å². The Balaban J connectivity index is 0.000000312. The first kappa shape index (κ1) is 22.5. The van der Waals surface area contributed by atoms with Crippen molar-refractivity contribution < 1.29 is 18.7 Å². The number of hydrogen-bond donors (Lipinski definition) is 1. The van der Waals surface area contributed by atoms with Gasteiger partial charge in [-0.1, -0.05) is 6.07 Å². The van der Waals surface area contributed by atoms with E-state index in [2.05, 4.69) is 22.2 Å². The van der Waals surface area contributed by atoms with E-state index in [0.717, 1.165) is 25.8 Å². The summed E-state index contributed by atoms with van der Waals surface area (Å²) in [7, 11) is 3.75. The highest BCUT2D eigenvalue weighted by atomic mass is 16.5. The van der Waals surface area contributed by atoms with E-state index in [4.69, 9.17) is 13.9 Å². The number of rotatable bonds is 5. The molecule has 1 aliphatic heterocycles. The maximum atomic E-state index is 10.9. The number of benzene rings is 1. The first-order chi connectivity index (χ1) is 13.2. The molecule has 1 aromatic carbocycles. The third-order valence-corrected chi connectivity index (χ3v) is 3.98. The summed E-state index contributed by atoms with van der Waals surface area (Å²) in [5, 5.41) is 3.11. The molecule has 2 aromatic rings. The Hall–Kier alpha value is -2.58. The van der Waals surface area contributed by atoms with Crippen LogP contribution in [0.25, 0.3) is 11.1 Å². The van der Waals surface area contributed by atoms with Crippen molar-refractivity contribution in [3.05, 3.63) is 23.8 Å². The number of fused-ring (bicyclic) bond motifs is 1. The maximum Gasteiger partial charge on any atom is 0.298 e. The number of anilines is 1. The number of nitrogens with zero attached hydrogens (tertiary/aromatic N) is 3. The molecule has 0 radical (unpaired) electrons. The molecule has 0 amide bonds. The number of aliphatic imine (C=N–C) groups is 1. The molecule has 1 saturated heterocycles. The van der Waals surface area contributed by atoms with Crippen molar-refractivity contribution in [1.29, 1.82) is 0 Å². The van der Waals surface area contributed by atoms with Crippen LogP contribution in [0.1, 0.15) is 23.7 Å². The van der Waals surface area contributed by atoms with Gasteiger partial charge in [0.15, 0.2) is 11.9 Å². The van der Waals surface area contributed by atoms with Gasteiger partial charge in [-0.15, -0.1) is 0 Å². The highest BCUT2D eigenvalue weighted by molar-refractivity contribution is 5.93. The molecule has 0 saturated carbocycles. The number of aromatic nitrogens is 1. The van der Waals surface area contributed by atoms with Crippen LogP contribution in [-0.2, 0) is 9.53 Å². The van der Waals surface area contributed by atoms with E-state index in [0.29, 0.717) is 41.9 Å². The van der Waals surface area contributed by atoms with Crippen molar-refractivity contribution in [2.24, 2.45) is 4.99 Å². The Morgan fingerprint density at radius 3 is 2.67 bits per heavy atom.